The molecule has 2 heterocycles. The first kappa shape index (κ1) is 8.11. The van der Waals surface area contributed by atoms with E-state index >= 15 is 0 Å². The second kappa shape index (κ2) is 3.16. The maximum Gasteiger partial charge on any atom is 0.181 e. The largest absolute Gasteiger partial charge is 0.239 e. The molecule has 1 radical (unpaired) electrons. The van der Waals surface area contributed by atoms with E-state index in [1.807, 2.05) is 30.3 Å². The lowest BCUT2D eigenvalue weighted by molar-refractivity contribution is 0.896. The number of fused-ring (bicyclic) bond motifs is 1. The van der Waals surface area contributed by atoms with Crippen LogP contribution < -0.4 is 0 Å². The molecular weight excluding hydrogens is 188 g/mol. The third-order valence-corrected chi connectivity index (χ3v) is 2.16. The topological polar surface area (TPSA) is 43.6 Å². The van der Waals surface area contributed by atoms with Crippen LogP contribution in [0.3, 0.4) is 0 Å². The van der Waals surface area contributed by atoms with Crippen LogP contribution >= 0.6 is 0 Å². The Bertz CT molecular complexity index is 586. The molecule has 0 N–H and O–H groups in total. The van der Waals surface area contributed by atoms with Crippen molar-refractivity contribution in [3.05, 3.63) is 48.9 Å². The SMILES string of the molecule is [c]1cnc2c(cnn2-c2ccccc2)n1. The molecule has 0 aliphatic heterocycles. The van der Waals surface area contributed by atoms with Crippen LogP contribution in [0.5, 0.6) is 0 Å². The quantitative estimate of drug-likeness (QED) is 0.592. The molecule has 0 bridgehead atoms. The van der Waals surface area contributed by atoms with Crippen molar-refractivity contribution in [3.8, 4) is 5.69 Å². The summed E-state index contributed by atoms with van der Waals surface area (Å²) in [6.45, 7) is 0. The molecule has 1 aromatic carbocycles. The summed E-state index contributed by atoms with van der Waals surface area (Å²) in [4.78, 5) is 8.26. The first-order valence-electron chi connectivity index (χ1n) is 4.57. The lowest BCUT2D eigenvalue weighted by Gasteiger charge is -2.00. The van der Waals surface area contributed by atoms with Gasteiger partial charge in [-0.05, 0) is 12.1 Å². The van der Waals surface area contributed by atoms with Crippen molar-refractivity contribution in [3.63, 3.8) is 0 Å². The lowest BCUT2D eigenvalue weighted by Crippen LogP contribution is -1.96. The minimum Gasteiger partial charge on any atom is -0.239 e. The minimum atomic E-state index is 0.750. The van der Waals surface area contributed by atoms with Gasteiger partial charge in [0.1, 0.15) is 11.7 Å². The second-order valence-corrected chi connectivity index (χ2v) is 3.10. The standard InChI is InChI=1S/C11H7N4/c1-2-4-9(5-3-1)15-11-10(8-14-15)12-6-7-13-11/h1-5,7-8H. The van der Waals surface area contributed by atoms with Crippen LogP contribution in [-0.4, -0.2) is 19.7 Å². The van der Waals surface area contributed by atoms with Gasteiger partial charge in [0, 0.05) is 0 Å². The second-order valence-electron chi connectivity index (χ2n) is 3.10. The van der Waals surface area contributed by atoms with Gasteiger partial charge in [-0.3, -0.25) is 0 Å². The van der Waals surface area contributed by atoms with E-state index < -0.39 is 0 Å². The number of aromatic nitrogens is 4. The third-order valence-electron chi connectivity index (χ3n) is 2.16. The fourth-order valence-electron chi connectivity index (χ4n) is 1.48. The molecule has 3 rings (SSSR count). The van der Waals surface area contributed by atoms with Gasteiger partial charge in [0.2, 0.25) is 0 Å². The zero-order chi connectivity index (χ0) is 10.1. The number of benzene rings is 1. The van der Waals surface area contributed by atoms with E-state index in [2.05, 4.69) is 21.3 Å². The van der Waals surface area contributed by atoms with Crippen molar-refractivity contribution < 1.29 is 0 Å². The summed E-state index contributed by atoms with van der Waals surface area (Å²) in [5, 5.41) is 4.24. The van der Waals surface area contributed by atoms with E-state index in [-0.39, 0.29) is 0 Å². The van der Waals surface area contributed by atoms with E-state index in [4.69, 9.17) is 0 Å². The maximum absolute atomic E-state index is 4.24. The Morgan fingerprint density at radius 3 is 2.87 bits per heavy atom. The average Bonchev–Trinajstić information content (AvgIpc) is 2.74. The van der Waals surface area contributed by atoms with Gasteiger partial charge in [-0.15, -0.1) is 0 Å². The zero-order valence-electron chi connectivity index (χ0n) is 7.83. The third kappa shape index (κ3) is 1.27. The van der Waals surface area contributed by atoms with Gasteiger partial charge in [-0.2, -0.15) is 5.10 Å². The highest BCUT2D eigenvalue weighted by Crippen LogP contribution is 2.12. The van der Waals surface area contributed by atoms with Gasteiger partial charge in [-0.1, -0.05) is 18.2 Å². The van der Waals surface area contributed by atoms with Crippen molar-refractivity contribution in [2.24, 2.45) is 0 Å². The normalized spacial score (nSPS) is 10.7. The molecule has 0 amide bonds. The molecule has 71 valence electrons. The summed E-state index contributed by atoms with van der Waals surface area (Å²) in [6.07, 6.45) is 5.92. The summed E-state index contributed by atoms with van der Waals surface area (Å²) in [5.74, 6) is 0. The van der Waals surface area contributed by atoms with E-state index in [0.717, 1.165) is 16.9 Å². The summed E-state index contributed by atoms with van der Waals surface area (Å²) < 4.78 is 1.76. The van der Waals surface area contributed by atoms with Crippen LogP contribution in [0, 0.1) is 6.20 Å². The highest BCUT2D eigenvalue weighted by molar-refractivity contribution is 5.70. The summed E-state index contributed by atoms with van der Waals surface area (Å²) in [7, 11) is 0. The summed E-state index contributed by atoms with van der Waals surface area (Å²) >= 11 is 0. The van der Waals surface area contributed by atoms with Crippen LogP contribution in [0.4, 0.5) is 0 Å². The molecule has 0 saturated carbocycles. The zero-order valence-corrected chi connectivity index (χ0v) is 7.83. The van der Waals surface area contributed by atoms with Crippen molar-refractivity contribution in [2.75, 3.05) is 0 Å². The fraction of sp³-hybridized carbons (Fsp3) is 0. The number of nitrogens with zero attached hydrogens (tertiary/aromatic N) is 4. The van der Waals surface area contributed by atoms with E-state index in [0.29, 0.717) is 0 Å². The Hall–Kier alpha value is -2.23. The molecular formula is C11H7N4. The molecule has 3 aromatic rings. The first-order chi connectivity index (χ1) is 7.45. The predicted octanol–water partition coefficient (Wildman–Crippen LogP) is 1.62. The van der Waals surface area contributed by atoms with Gasteiger partial charge in [0.25, 0.3) is 0 Å². The molecule has 0 atom stereocenters. The van der Waals surface area contributed by atoms with Crippen molar-refractivity contribution in [1.82, 2.24) is 19.7 Å². The molecule has 0 fully saturated rings. The molecule has 15 heavy (non-hydrogen) atoms. The van der Waals surface area contributed by atoms with Crippen molar-refractivity contribution >= 4 is 11.2 Å². The van der Waals surface area contributed by atoms with Crippen LogP contribution in [0.15, 0.2) is 42.7 Å². The van der Waals surface area contributed by atoms with E-state index in [9.17, 15) is 0 Å². The van der Waals surface area contributed by atoms with Crippen LogP contribution in [0.25, 0.3) is 16.9 Å². The monoisotopic (exact) mass is 195 g/mol. The number of para-hydroxylation sites is 1. The van der Waals surface area contributed by atoms with Crippen LogP contribution in [0.1, 0.15) is 0 Å². The van der Waals surface area contributed by atoms with E-state index in [1.54, 1.807) is 17.1 Å². The molecule has 0 saturated heterocycles. The Labute approximate surface area is 86.2 Å². The molecule has 2 aromatic heterocycles. The van der Waals surface area contributed by atoms with Gasteiger partial charge in [-0.25, -0.2) is 14.6 Å². The van der Waals surface area contributed by atoms with Crippen molar-refractivity contribution in [2.45, 2.75) is 0 Å². The average molecular weight is 195 g/mol. The smallest absolute Gasteiger partial charge is 0.181 e. The molecule has 0 unspecified atom stereocenters. The number of hydrogen-bond donors (Lipinski definition) is 0. The highest BCUT2D eigenvalue weighted by atomic mass is 15.3. The number of rotatable bonds is 1. The Morgan fingerprint density at radius 1 is 1.13 bits per heavy atom. The number of hydrogen-bond acceptors (Lipinski definition) is 3. The molecule has 4 heteroatoms. The Kier molecular flexibility index (Phi) is 1.71. The summed E-state index contributed by atoms with van der Waals surface area (Å²) in [5.41, 5.74) is 2.48. The predicted molar refractivity (Wildman–Crippen MR) is 55.5 cm³/mol. The first-order valence-corrected chi connectivity index (χ1v) is 4.57. The fourth-order valence-corrected chi connectivity index (χ4v) is 1.48. The molecule has 0 aliphatic carbocycles. The van der Waals surface area contributed by atoms with Gasteiger partial charge < -0.3 is 0 Å². The molecule has 4 nitrogen and oxygen atoms in total. The molecule has 0 aliphatic rings. The summed E-state index contributed by atoms with van der Waals surface area (Å²) in [6, 6.07) is 9.85. The highest BCUT2D eigenvalue weighted by Gasteiger charge is 2.04. The lowest BCUT2D eigenvalue weighted by atomic mass is 10.3. The van der Waals surface area contributed by atoms with Crippen molar-refractivity contribution in [1.29, 1.82) is 0 Å². The van der Waals surface area contributed by atoms with Gasteiger partial charge in [0.05, 0.1) is 18.1 Å². The van der Waals surface area contributed by atoms with Crippen LogP contribution in [-0.2, 0) is 0 Å². The van der Waals surface area contributed by atoms with Gasteiger partial charge in [0.15, 0.2) is 5.65 Å². The molecule has 0 spiro atoms. The minimum absolute atomic E-state index is 0.750. The Balaban J connectivity index is 2.28. The van der Waals surface area contributed by atoms with Crippen LogP contribution in [0.2, 0.25) is 0 Å². The van der Waals surface area contributed by atoms with E-state index in [1.165, 1.54) is 0 Å². The maximum atomic E-state index is 4.24. The Morgan fingerprint density at radius 2 is 2.00 bits per heavy atom. The van der Waals surface area contributed by atoms with Gasteiger partial charge >= 0.3 is 0 Å².